The maximum absolute atomic E-state index is 10.5. The topological polar surface area (TPSA) is 54.4 Å². The van der Waals surface area contributed by atoms with Crippen LogP contribution in [0.25, 0.3) is 0 Å². The summed E-state index contributed by atoms with van der Waals surface area (Å²) in [6.45, 7) is 0. The highest BCUT2D eigenvalue weighted by Gasteiger charge is 1.97. The Hall–Kier alpha value is -0.510. The molecule has 0 aliphatic carbocycles. The van der Waals surface area contributed by atoms with E-state index in [1.54, 1.807) is 0 Å². The summed E-state index contributed by atoms with van der Waals surface area (Å²) in [5.74, 6) is -0.717. The Bertz CT molecular complexity index is 160. The smallest absolute Gasteiger partial charge is 0.303 e. The van der Waals surface area contributed by atoms with Crippen molar-refractivity contribution in [2.45, 2.75) is 51.4 Å². The Balaban J connectivity index is 2.99. The molecule has 0 bridgehead atoms. The lowest BCUT2D eigenvalue weighted by molar-refractivity contribution is -0.137. The van der Waals surface area contributed by atoms with Gasteiger partial charge in [-0.25, -0.2) is 0 Å². The molecule has 82 valence electrons. The molecule has 0 rings (SSSR count). The highest BCUT2D eigenvalue weighted by Crippen LogP contribution is 2.09. The van der Waals surface area contributed by atoms with Gasteiger partial charge in [0.05, 0.1) is 0 Å². The molecule has 0 aromatic carbocycles. The van der Waals surface area contributed by atoms with E-state index in [-0.39, 0.29) is 11.5 Å². The Morgan fingerprint density at radius 2 is 1.29 bits per heavy atom. The van der Waals surface area contributed by atoms with Crippen LogP contribution in [0.5, 0.6) is 0 Å². The molecule has 3 nitrogen and oxygen atoms in total. The van der Waals surface area contributed by atoms with Crippen LogP contribution in [0.4, 0.5) is 0 Å². The van der Waals surface area contributed by atoms with Crippen LogP contribution in [0, 0.1) is 0 Å². The molecule has 1 N–H and O–H groups in total. The van der Waals surface area contributed by atoms with Gasteiger partial charge in [-0.05, 0) is 12.8 Å². The van der Waals surface area contributed by atoms with Gasteiger partial charge in [0.15, 0.2) is 5.12 Å². The molecule has 0 amide bonds. The number of carboxylic acid groups (broad SMARTS) is 1. The van der Waals surface area contributed by atoms with E-state index in [2.05, 4.69) is 12.6 Å². The van der Waals surface area contributed by atoms with E-state index in [1.165, 1.54) is 0 Å². The fraction of sp³-hybridized carbons (Fsp3) is 0.800. The number of carboxylic acids is 1. The van der Waals surface area contributed by atoms with Crippen LogP contribution in [0.2, 0.25) is 0 Å². The number of carbonyl (C=O) groups excluding carboxylic acids is 1. The van der Waals surface area contributed by atoms with Crippen molar-refractivity contribution in [2.75, 3.05) is 0 Å². The fourth-order valence-corrected chi connectivity index (χ4v) is 1.42. The molecule has 0 atom stereocenters. The summed E-state index contributed by atoms with van der Waals surface area (Å²) in [4.78, 5) is 20.6. The zero-order valence-corrected chi connectivity index (χ0v) is 9.26. The summed E-state index contributed by atoms with van der Waals surface area (Å²) in [5.41, 5.74) is 0. The van der Waals surface area contributed by atoms with Crippen molar-refractivity contribution in [1.82, 2.24) is 0 Å². The molecule has 0 spiro atoms. The third-order valence-electron chi connectivity index (χ3n) is 2.03. The SMILES string of the molecule is O=C(O)CCCCCCCCC(=O)S. The molecule has 0 saturated heterocycles. The van der Waals surface area contributed by atoms with Crippen molar-refractivity contribution in [1.29, 1.82) is 0 Å². The number of thiol groups is 1. The number of hydrogen-bond acceptors (Lipinski definition) is 2. The lowest BCUT2D eigenvalue weighted by Crippen LogP contribution is -1.93. The van der Waals surface area contributed by atoms with Crippen LogP contribution in [-0.4, -0.2) is 16.2 Å². The van der Waals surface area contributed by atoms with Gasteiger partial charge in [-0.3, -0.25) is 9.59 Å². The maximum Gasteiger partial charge on any atom is 0.303 e. The number of aliphatic carboxylic acids is 1. The predicted octanol–water partition coefficient (Wildman–Crippen LogP) is 2.65. The first-order valence-corrected chi connectivity index (χ1v) is 5.51. The van der Waals surface area contributed by atoms with Crippen LogP contribution in [0.15, 0.2) is 0 Å². The van der Waals surface area contributed by atoms with Gasteiger partial charge in [-0.2, -0.15) is 0 Å². The van der Waals surface area contributed by atoms with Crippen LogP contribution < -0.4 is 0 Å². The van der Waals surface area contributed by atoms with Gasteiger partial charge < -0.3 is 5.11 Å². The molecule has 0 unspecified atom stereocenters. The van der Waals surface area contributed by atoms with Crippen molar-refractivity contribution in [3.8, 4) is 0 Å². The monoisotopic (exact) mass is 218 g/mol. The minimum Gasteiger partial charge on any atom is -0.481 e. The van der Waals surface area contributed by atoms with E-state index in [0.29, 0.717) is 6.42 Å². The third kappa shape index (κ3) is 11.5. The van der Waals surface area contributed by atoms with Crippen molar-refractivity contribution < 1.29 is 14.7 Å². The molecule has 0 aromatic heterocycles. The van der Waals surface area contributed by atoms with E-state index in [0.717, 1.165) is 38.5 Å². The van der Waals surface area contributed by atoms with Crippen molar-refractivity contribution in [3.63, 3.8) is 0 Å². The van der Waals surface area contributed by atoms with Gasteiger partial charge in [0.1, 0.15) is 0 Å². The molecule has 0 aliphatic heterocycles. The minimum absolute atomic E-state index is 0.0455. The van der Waals surface area contributed by atoms with Crippen LogP contribution in [0.1, 0.15) is 51.4 Å². The average molecular weight is 218 g/mol. The zero-order valence-electron chi connectivity index (χ0n) is 8.37. The first-order valence-electron chi connectivity index (χ1n) is 5.06. The molecule has 0 aromatic rings. The van der Waals surface area contributed by atoms with Gasteiger partial charge >= 0.3 is 5.97 Å². The minimum atomic E-state index is -0.717. The number of rotatable bonds is 9. The van der Waals surface area contributed by atoms with Crippen LogP contribution in [-0.2, 0) is 9.59 Å². The number of hydrogen-bond donors (Lipinski definition) is 2. The van der Waals surface area contributed by atoms with Gasteiger partial charge in [-0.15, -0.1) is 12.6 Å². The second kappa shape index (κ2) is 9.06. The van der Waals surface area contributed by atoms with Crippen molar-refractivity contribution in [2.24, 2.45) is 0 Å². The molecule has 0 radical (unpaired) electrons. The van der Waals surface area contributed by atoms with E-state index in [4.69, 9.17) is 5.11 Å². The quantitative estimate of drug-likeness (QED) is 0.462. The Morgan fingerprint density at radius 3 is 1.71 bits per heavy atom. The molecular weight excluding hydrogens is 200 g/mol. The van der Waals surface area contributed by atoms with Gasteiger partial charge in [0.2, 0.25) is 0 Å². The van der Waals surface area contributed by atoms with Crippen LogP contribution >= 0.6 is 12.6 Å². The second-order valence-electron chi connectivity index (χ2n) is 3.41. The van der Waals surface area contributed by atoms with Crippen LogP contribution in [0.3, 0.4) is 0 Å². The highest BCUT2D eigenvalue weighted by atomic mass is 32.1. The Morgan fingerprint density at radius 1 is 0.857 bits per heavy atom. The molecule has 0 aliphatic rings. The Labute approximate surface area is 90.3 Å². The maximum atomic E-state index is 10.5. The fourth-order valence-electron chi connectivity index (χ4n) is 1.26. The van der Waals surface area contributed by atoms with E-state index < -0.39 is 5.97 Å². The van der Waals surface area contributed by atoms with Gasteiger partial charge in [0, 0.05) is 12.8 Å². The lowest BCUT2D eigenvalue weighted by Gasteiger charge is -1.99. The largest absolute Gasteiger partial charge is 0.481 e. The van der Waals surface area contributed by atoms with Gasteiger partial charge in [0.25, 0.3) is 0 Å². The van der Waals surface area contributed by atoms with Gasteiger partial charge in [-0.1, -0.05) is 25.7 Å². The first kappa shape index (κ1) is 13.5. The predicted molar refractivity (Wildman–Crippen MR) is 58.6 cm³/mol. The zero-order chi connectivity index (χ0) is 10.8. The summed E-state index contributed by atoms with van der Waals surface area (Å²) in [6, 6.07) is 0. The number of carbonyl (C=O) groups is 2. The van der Waals surface area contributed by atoms with Crippen molar-refractivity contribution >= 4 is 23.7 Å². The molecule has 14 heavy (non-hydrogen) atoms. The Kier molecular flexibility index (Phi) is 8.73. The summed E-state index contributed by atoms with van der Waals surface area (Å²) in [7, 11) is 0. The first-order chi connectivity index (χ1) is 6.63. The average Bonchev–Trinajstić information content (AvgIpc) is 2.08. The molecule has 0 saturated carbocycles. The number of unbranched alkanes of at least 4 members (excludes halogenated alkanes) is 5. The lowest BCUT2D eigenvalue weighted by atomic mass is 10.1. The molecule has 4 heteroatoms. The highest BCUT2D eigenvalue weighted by molar-refractivity contribution is 7.96. The van der Waals surface area contributed by atoms with E-state index >= 15 is 0 Å². The third-order valence-corrected chi connectivity index (χ3v) is 2.25. The molecular formula is C10H18O3S. The second-order valence-corrected chi connectivity index (χ2v) is 3.91. The summed E-state index contributed by atoms with van der Waals surface area (Å²) in [6.07, 6.45) is 6.66. The van der Waals surface area contributed by atoms with E-state index in [1.807, 2.05) is 0 Å². The molecule has 0 fully saturated rings. The van der Waals surface area contributed by atoms with E-state index in [9.17, 15) is 9.59 Å². The summed E-state index contributed by atoms with van der Waals surface area (Å²) < 4.78 is 0. The molecule has 0 heterocycles. The van der Waals surface area contributed by atoms with Crippen molar-refractivity contribution in [3.05, 3.63) is 0 Å². The summed E-state index contributed by atoms with van der Waals surface area (Å²) >= 11 is 3.67. The summed E-state index contributed by atoms with van der Waals surface area (Å²) in [5, 5.41) is 8.32. The normalized spacial score (nSPS) is 10.1. The standard InChI is InChI=1S/C10H18O3S/c11-9(12)7-5-3-1-2-4-6-8-10(13)14/h1-8H2,(H,11,12)(H,13,14).